The monoisotopic (exact) mass is 504 g/mol. The van der Waals surface area contributed by atoms with Gasteiger partial charge in [0.2, 0.25) is 0 Å². The van der Waals surface area contributed by atoms with E-state index in [0.717, 1.165) is 57.8 Å². The second kappa shape index (κ2) is 17.0. The molecule has 2 atom stereocenters. The van der Waals surface area contributed by atoms with Crippen molar-refractivity contribution in [2.24, 2.45) is 10.9 Å². The van der Waals surface area contributed by atoms with Crippen LogP contribution in [0.5, 0.6) is 0 Å². The van der Waals surface area contributed by atoms with Crippen molar-refractivity contribution in [2.45, 2.75) is 59.0 Å². The molecule has 0 amide bonds. The third-order valence-electron chi connectivity index (χ3n) is 4.97. The molecule has 3 N–H and O–H groups in total. The Morgan fingerprint density at radius 3 is 2.43 bits per heavy atom. The fourth-order valence-corrected chi connectivity index (χ4v) is 3.13. The van der Waals surface area contributed by atoms with Crippen molar-refractivity contribution in [2.75, 3.05) is 33.3 Å². The van der Waals surface area contributed by atoms with Crippen LogP contribution in [0.2, 0.25) is 0 Å². The lowest BCUT2D eigenvalue weighted by molar-refractivity contribution is 0.238. The third kappa shape index (κ3) is 11.9. The van der Waals surface area contributed by atoms with E-state index in [1.807, 2.05) is 0 Å². The second-order valence-corrected chi connectivity index (χ2v) is 7.35. The highest BCUT2D eigenvalue weighted by Gasteiger charge is 2.10. The van der Waals surface area contributed by atoms with Crippen LogP contribution < -0.4 is 10.6 Å². The SMILES string of the molecule is CCCC(CCO)CN=C(NCC)NCCC(C)N(C)Cc1ccccc1.I. The highest BCUT2D eigenvalue weighted by Crippen LogP contribution is 2.11. The summed E-state index contributed by atoms with van der Waals surface area (Å²) in [5.41, 5.74) is 1.35. The normalized spacial score (nSPS) is 13.7. The molecule has 1 rings (SSSR count). The first-order valence-electron chi connectivity index (χ1n) is 10.5. The van der Waals surface area contributed by atoms with Crippen molar-refractivity contribution in [1.82, 2.24) is 15.5 Å². The maximum absolute atomic E-state index is 9.21. The van der Waals surface area contributed by atoms with Crippen LogP contribution in [0, 0.1) is 5.92 Å². The van der Waals surface area contributed by atoms with Gasteiger partial charge in [-0.3, -0.25) is 9.89 Å². The predicted octanol–water partition coefficient (Wildman–Crippen LogP) is 3.87. The van der Waals surface area contributed by atoms with E-state index in [4.69, 9.17) is 4.99 Å². The molecule has 0 aliphatic carbocycles. The molecule has 0 aromatic heterocycles. The van der Waals surface area contributed by atoms with Gasteiger partial charge in [-0.1, -0.05) is 43.7 Å². The Morgan fingerprint density at radius 1 is 1.11 bits per heavy atom. The molecule has 1 aromatic carbocycles. The van der Waals surface area contributed by atoms with Gasteiger partial charge >= 0.3 is 0 Å². The van der Waals surface area contributed by atoms with Crippen LogP contribution in [0.25, 0.3) is 0 Å². The number of hydrogen-bond acceptors (Lipinski definition) is 3. The Kier molecular flexibility index (Phi) is 16.5. The number of aliphatic hydroxyl groups is 1. The summed E-state index contributed by atoms with van der Waals surface area (Å²) in [4.78, 5) is 7.12. The highest BCUT2D eigenvalue weighted by atomic mass is 127. The summed E-state index contributed by atoms with van der Waals surface area (Å²) in [5, 5.41) is 16.0. The molecule has 1 aromatic rings. The summed E-state index contributed by atoms with van der Waals surface area (Å²) in [6.45, 7) is 10.3. The molecule has 0 radical (unpaired) electrons. The van der Waals surface area contributed by atoms with E-state index in [1.165, 1.54) is 5.56 Å². The molecule has 28 heavy (non-hydrogen) atoms. The first kappa shape index (κ1) is 27.1. The summed E-state index contributed by atoms with van der Waals surface area (Å²) in [7, 11) is 2.18. The number of guanidine groups is 1. The van der Waals surface area contributed by atoms with Gasteiger partial charge in [-0.05, 0) is 51.6 Å². The van der Waals surface area contributed by atoms with Crippen LogP contribution in [0.4, 0.5) is 0 Å². The van der Waals surface area contributed by atoms with Crippen LogP contribution >= 0.6 is 24.0 Å². The van der Waals surface area contributed by atoms with Gasteiger partial charge in [-0.15, -0.1) is 24.0 Å². The fraction of sp³-hybridized carbons (Fsp3) is 0.682. The zero-order valence-electron chi connectivity index (χ0n) is 18.2. The minimum Gasteiger partial charge on any atom is -0.396 e. The molecule has 0 spiro atoms. The third-order valence-corrected chi connectivity index (χ3v) is 4.97. The lowest BCUT2D eigenvalue weighted by Gasteiger charge is -2.25. The van der Waals surface area contributed by atoms with E-state index >= 15 is 0 Å². The van der Waals surface area contributed by atoms with E-state index in [9.17, 15) is 5.11 Å². The zero-order chi connectivity index (χ0) is 19.9. The smallest absolute Gasteiger partial charge is 0.191 e. The van der Waals surface area contributed by atoms with E-state index in [1.54, 1.807) is 0 Å². The number of nitrogens with one attached hydrogen (secondary N) is 2. The van der Waals surface area contributed by atoms with Gasteiger partial charge in [0.1, 0.15) is 0 Å². The Balaban J connectivity index is 0.00000729. The molecule has 0 saturated heterocycles. The van der Waals surface area contributed by atoms with Crippen molar-refractivity contribution in [3.05, 3.63) is 35.9 Å². The number of rotatable bonds is 13. The predicted molar refractivity (Wildman–Crippen MR) is 131 cm³/mol. The number of aliphatic imine (C=N–C) groups is 1. The van der Waals surface area contributed by atoms with Gasteiger partial charge in [0, 0.05) is 38.8 Å². The van der Waals surface area contributed by atoms with Crippen molar-refractivity contribution in [3.63, 3.8) is 0 Å². The Labute approximate surface area is 189 Å². The highest BCUT2D eigenvalue weighted by molar-refractivity contribution is 14.0. The molecular weight excluding hydrogens is 463 g/mol. The van der Waals surface area contributed by atoms with Crippen LogP contribution in [-0.2, 0) is 6.54 Å². The molecule has 0 fully saturated rings. The molecule has 0 aliphatic heterocycles. The molecule has 162 valence electrons. The van der Waals surface area contributed by atoms with Gasteiger partial charge < -0.3 is 15.7 Å². The quantitative estimate of drug-likeness (QED) is 0.217. The zero-order valence-corrected chi connectivity index (χ0v) is 20.5. The number of benzene rings is 1. The minimum absolute atomic E-state index is 0. The van der Waals surface area contributed by atoms with Gasteiger partial charge in [0.15, 0.2) is 5.96 Å². The van der Waals surface area contributed by atoms with Crippen LogP contribution in [0.15, 0.2) is 35.3 Å². The lowest BCUT2D eigenvalue weighted by atomic mass is 10.0. The maximum atomic E-state index is 9.21. The topological polar surface area (TPSA) is 59.9 Å². The molecule has 5 nitrogen and oxygen atoms in total. The molecule has 0 saturated carbocycles. The Bertz CT molecular complexity index is 507. The fourth-order valence-electron chi connectivity index (χ4n) is 3.13. The van der Waals surface area contributed by atoms with Crippen LogP contribution in [0.3, 0.4) is 0 Å². The van der Waals surface area contributed by atoms with Gasteiger partial charge in [-0.25, -0.2) is 0 Å². The van der Waals surface area contributed by atoms with E-state index in [0.29, 0.717) is 12.0 Å². The molecule has 0 heterocycles. The number of halogens is 1. The summed E-state index contributed by atoms with van der Waals surface area (Å²) < 4.78 is 0. The largest absolute Gasteiger partial charge is 0.396 e. The van der Waals surface area contributed by atoms with Crippen molar-refractivity contribution in [1.29, 1.82) is 0 Å². The number of nitrogens with zero attached hydrogens (tertiary/aromatic N) is 2. The molecule has 0 bridgehead atoms. The first-order chi connectivity index (χ1) is 13.1. The summed E-state index contributed by atoms with van der Waals surface area (Å²) in [5.74, 6) is 1.35. The Morgan fingerprint density at radius 2 is 1.82 bits per heavy atom. The van der Waals surface area contributed by atoms with Gasteiger partial charge in [0.05, 0.1) is 0 Å². The standard InChI is InChI=1S/C22H40N4O.HI/c1-5-10-20(14-16-27)17-25-22(23-6-2)24-15-13-19(3)26(4)18-21-11-8-7-9-12-21;/h7-9,11-12,19-20,27H,5-6,10,13-18H2,1-4H3,(H2,23,24,25);1H. The molecule has 2 unspecified atom stereocenters. The summed E-state index contributed by atoms with van der Waals surface area (Å²) in [6, 6.07) is 11.1. The molecular formula is C22H41IN4O. The Hall–Kier alpha value is -0.860. The van der Waals surface area contributed by atoms with Crippen molar-refractivity contribution >= 4 is 29.9 Å². The molecule has 6 heteroatoms. The first-order valence-corrected chi connectivity index (χ1v) is 10.5. The van der Waals surface area contributed by atoms with Gasteiger partial charge in [-0.2, -0.15) is 0 Å². The number of hydrogen-bond donors (Lipinski definition) is 3. The van der Waals surface area contributed by atoms with Crippen molar-refractivity contribution in [3.8, 4) is 0 Å². The number of aliphatic hydroxyl groups excluding tert-OH is 1. The van der Waals surface area contributed by atoms with Gasteiger partial charge in [0.25, 0.3) is 0 Å². The summed E-state index contributed by atoms with van der Waals surface area (Å²) in [6.07, 6.45) is 4.14. The van der Waals surface area contributed by atoms with Crippen LogP contribution in [0.1, 0.15) is 52.0 Å². The average Bonchev–Trinajstić information content (AvgIpc) is 2.67. The maximum Gasteiger partial charge on any atom is 0.191 e. The van der Waals surface area contributed by atoms with E-state index in [-0.39, 0.29) is 30.6 Å². The van der Waals surface area contributed by atoms with Crippen LogP contribution in [-0.4, -0.2) is 55.3 Å². The summed E-state index contributed by atoms with van der Waals surface area (Å²) >= 11 is 0. The second-order valence-electron chi connectivity index (χ2n) is 7.35. The van der Waals surface area contributed by atoms with E-state index < -0.39 is 0 Å². The van der Waals surface area contributed by atoms with Crippen molar-refractivity contribution < 1.29 is 5.11 Å². The van der Waals surface area contributed by atoms with E-state index in [2.05, 4.69) is 73.7 Å². The average molecular weight is 505 g/mol. The molecule has 0 aliphatic rings. The lowest BCUT2D eigenvalue weighted by Crippen LogP contribution is -2.40. The minimum atomic E-state index is 0.